The van der Waals surface area contributed by atoms with E-state index in [-0.39, 0.29) is 11.3 Å². The van der Waals surface area contributed by atoms with Gasteiger partial charge in [-0.2, -0.15) is 5.26 Å². The molecule has 1 aromatic carbocycles. The van der Waals surface area contributed by atoms with Crippen LogP contribution in [0, 0.1) is 21.4 Å². The van der Waals surface area contributed by atoms with E-state index in [4.69, 9.17) is 10.00 Å². The van der Waals surface area contributed by atoms with Crippen LogP contribution in [0.5, 0.6) is 0 Å². The van der Waals surface area contributed by atoms with E-state index >= 15 is 0 Å². The topological polar surface area (TPSA) is 108 Å². The first-order valence-electron chi connectivity index (χ1n) is 6.27. The Morgan fingerprint density at radius 2 is 2.20 bits per heavy atom. The minimum absolute atomic E-state index is 0.0188. The number of nitrogens with zero attached hydrogens (tertiary/aromatic N) is 2. The first kappa shape index (κ1) is 14.2. The zero-order chi connectivity index (χ0) is 14.6. The van der Waals surface area contributed by atoms with Crippen LogP contribution in [0.3, 0.4) is 0 Å². The van der Waals surface area contributed by atoms with E-state index in [1.54, 1.807) is 12.1 Å². The van der Waals surface area contributed by atoms with Crippen molar-refractivity contribution in [2.45, 2.75) is 18.4 Å². The van der Waals surface area contributed by atoms with Crippen molar-refractivity contribution in [3.8, 4) is 6.07 Å². The summed E-state index contributed by atoms with van der Waals surface area (Å²) < 4.78 is 5.18. The van der Waals surface area contributed by atoms with Crippen molar-refractivity contribution in [2.24, 2.45) is 0 Å². The predicted octanol–water partition coefficient (Wildman–Crippen LogP) is 1.42. The summed E-state index contributed by atoms with van der Waals surface area (Å²) in [5.74, 6) is 0. The van der Waals surface area contributed by atoms with E-state index in [1.165, 1.54) is 12.1 Å². The molecule has 7 nitrogen and oxygen atoms in total. The molecule has 0 bridgehead atoms. The van der Waals surface area contributed by atoms with Gasteiger partial charge in [-0.1, -0.05) is 0 Å². The molecule has 0 unspecified atom stereocenters. The molecule has 1 saturated heterocycles. The summed E-state index contributed by atoms with van der Waals surface area (Å²) in [4.78, 5) is 10.3. The minimum atomic E-state index is -0.860. The third-order valence-corrected chi connectivity index (χ3v) is 3.36. The zero-order valence-electron chi connectivity index (χ0n) is 10.8. The van der Waals surface area contributed by atoms with Crippen LogP contribution >= 0.6 is 0 Å². The molecule has 1 aliphatic rings. The third-order valence-electron chi connectivity index (χ3n) is 3.36. The highest BCUT2D eigenvalue weighted by Gasteiger charge is 2.29. The van der Waals surface area contributed by atoms with E-state index in [2.05, 4.69) is 5.32 Å². The lowest BCUT2D eigenvalue weighted by Crippen LogP contribution is -2.42. The fraction of sp³-hybridized carbons (Fsp3) is 0.462. The minimum Gasteiger partial charge on any atom is -0.388 e. The predicted molar refractivity (Wildman–Crippen MR) is 71.3 cm³/mol. The molecule has 0 aliphatic carbocycles. The van der Waals surface area contributed by atoms with Gasteiger partial charge in [0.15, 0.2) is 0 Å². The van der Waals surface area contributed by atoms with Crippen molar-refractivity contribution in [3.63, 3.8) is 0 Å². The van der Waals surface area contributed by atoms with Gasteiger partial charge in [-0.15, -0.1) is 0 Å². The van der Waals surface area contributed by atoms with Crippen LogP contribution in [-0.4, -0.2) is 35.4 Å². The van der Waals surface area contributed by atoms with Gasteiger partial charge < -0.3 is 15.2 Å². The van der Waals surface area contributed by atoms with Crippen LogP contribution in [-0.2, 0) is 4.74 Å². The Hall–Kier alpha value is -2.17. The standard InChI is InChI=1S/C13H15N3O4/c14-8-10-1-2-11(7-12(10)16(18)19)15-9-13(17)3-5-20-6-4-13/h1-2,7,15,17H,3-6,9H2. The maximum absolute atomic E-state index is 10.9. The second-order valence-corrected chi connectivity index (χ2v) is 4.79. The number of benzene rings is 1. The summed E-state index contributed by atoms with van der Waals surface area (Å²) in [6.45, 7) is 1.30. The Balaban J connectivity index is 2.08. The fourth-order valence-electron chi connectivity index (χ4n) is 2.08. The first-order valence-corrected chi connectivity index (χ1v) is 6.27. The molecule has 106 valence electrons. The Bertz CT molecular complexity index is 547. The lowest BCUT2D eigenvalue weighted by Gasteiger charge is -2.32. The fourth-order valence-corrected chi connectivity index (χ4v) is 2.08. The van der Waals surface area contributed by atoms with Gasteiger partial charge >= 0.3 is 0 Å². The molecule has 0 radical (unpaired) electrons. The monoisotopic (exact) mass is 277 g/mol. The van der Waals surface area contributed by atoms with Crippen molar-refractivity contribution in [2.75, 3.05) is 25.1 Å². The molecular formula is C13H15N3O4. The quantitative estimate of drug-likeness (QED) is 0.636. The molecule has 0 atom stereocenters. The van der Waals surface area contributed by atoms with Crippen LogP contribution in [0.15, 0.2) is 18.2 Å². The number of nitrogens with one attached hydrogen (secondary N) is 1. The van der Waals surface area contributed by atoms with Gasteiger partial charge in [0.25, 0.3) is 5.69 Å². The number of nitro benzene ring substituents is 1. The van der Waals surface area contributed by atoms with Gasteiger partial charge in [0, 0.05) is 44.4 Å². The van der Waals surface area contributed by atoms with Crippen LogP contribution < -0.4 is 5.32 Å². The number of aliphatic hydroxyl groups is 1. The zero-order valence-corrected chi connectivity index (χ0v) is 10.8. The van der Waals surface area contributed by atoms with Crippen molar-refractivity contribution in [1.29, 1.82) is 5.26 Å². The molecule has 2 rings (SSSR count). The Kier molecular flexibility index (Phi) is 4.17. The van der Waals surface area contributed by atoms with Crippen LogP contribution in [0.25, 0.3) is 0 Å². The Morgan fingerprint density at radius 3 is 2.80 bits per heavy atom. The van der Waals surface area contributed by atoms with E-state index < -0.39 is 10.5 Å². The summed E-state index contributed by atoms with van der Waals surface area (Å²) in [7, 11) is 0. The second kappa shape index (κ2) is 5.86. The summed E-state index contributed by atoms with van der Waals surface area (Å²) in [6.07, 6.45) is 1.05. The number of hydrogen-bond donors (Lipinski definition) is 2. The number of rotatable bonds is 4. The van der Waals surface area contributed by atoms with E-state index in [1.807, 2.05) is 0 Å². The third kappa shape index (κ3) is 3.23. The van der Waals surface area contributed by atoms with E-state index in [0.29, 0.717) is 38.3 Å². The molecule has 0 spiro atoms. The highest BCUT2D eigenvalue weighted by molar-refractivity contribution is 5.59. The summed E-state index contributed by atoms with van der Waals surface area (Å²) in [6, 6.07) is 6.08. The van der Waals surface area contributed by atoms with Crippen LogP contribution in [0.4, 0.5) is 11.4 Å². The molecule has 1 aliphatic heterocycles. The molecule has 20 heavy (non-hydrogen) atoms. The lowest BCUT2D eigenvalue weighted by atomic mass is 9.94. The molecule has 1 fully saturated rings. The first-order chi connectivity index (χ1) is 9.54. The molecule has 2 N–H and O–H groups in total. The van der Waals surface area contributed by atoms with Crippen molar-refractivity contribution in [3.05, 3.63) is 33.9 Å². The largest absolute Gasteiger partial charge is 0.388 e. The van der Waals surface area contributed by atoms with Gasteiger partial charge in [-0.25, -0.2) is 0 Å². The molecule has 0 amide bonds. The Morgan fingerprint density at radius 1 is 1.50 bits per heavy atom. The van der Waals surface area contributed by atoms with Gasteiger partial charge in [0.1, 0.15) is 11.6 Å². The summed E-state index contributed by atoms with van der Waals surface area (Å²) >= 11 is 0. The molecule has 7 heteroatoms. The van der Waals surface area contributed by atoms with Gasteiger partial charge in [0.2, 0.25) is 0 Å². The average molecular weight is 277 g/mol. The second-order valence-electron chi connectivity index (χ2n) is 4.79. The van der Waals surface area contributed by atoms with Gasteiger partial charge in [-0.05, 0) is 12.1 Å². The summed E-state index contributed by atoms with van der Waals surface area (Å²) in [5, 5.41) is 32.9. The molecule has 0 aromatic heterocycles. The number of ether oxygens (including phenoxy) is 1. The number of nitro groups is 1. The smallest absolute Gasteiger partial charge is 0.289 e. The molecular weight excluding hydrogens is 262 g/mol. The maximum Gasteiger partial charge on any atom is 0.289 e. The van der Waals surface area contributed by atoms with Crippen LogP contribution in [0.1, 0.15) is 18.4 Å². The number of nitriles is 1. The lowest BCUT2D eigenvalue weighted by molar-refractivity contribution is -0.385. The molecule has 1 heterocycles. The highest BCUT2D eigenvalue weighted by Crippen LogP contribution is 2.25. The van der Waals surface area contributed by atoms with E-state index in [0.717, 1.165) is 0 Å². The maximum atomic E-state index is 10.9. The van der Waals surface area contributed by atoms with Gasteiger partial charge in [0.05, 0.1) is 10.5 Å². The van der Waals surface area contributed by atoms with E-state index in [9.17, 15) is 15.2 Å². The Labute approximate surface area is 115 Å². The average Bonchev–Trinajstić information content (AvgIpc) is 2.45. The number of anilines is 1. The molecule has 0 saturated carbocycles. The van der Waals surface area contributed by atoms with Crippen molar-refractivity contribution < 1.29 is 14.8 Å². The number of hydrogen-bond acceptors (Lipinski definition) is 6. The summed E-state index contributed by atoms with van der Waals surface area (Å²) in [5.41, 5.74) is -0.571. The normalized spacial score (nSPS) is 17.2. The van der Waals surface area contributed by atoms with Crippen molar-refractivity contribution >= 4 is 11.4 Å². The van der Waals surface area contributed by atoms with Gasteiger partial charge in [-0.3, -0.25) is 10.1 Å². The SMILES string of the molecule is N#Cc1ccc(NCC2(O)CCOCC2)cc1[N+](=O)[O-]. The molecule has 1 aromatic rings. The van der Waals surface area contributed by atoms with Crippen LogP contribution in [0.2, 0.25) is 0 Å². The van der Waals surface area contributed by atoms with Crippen molar-refractivity contribution in [1.82, 2.24) is 0 Å². The highest BCUT2D eigenvalue weighted by atomic mass is 16.6.